The predicted molar refractivity (Wildman–Crippen MR) is 74.9 cm³/mol. The lowest BCUT2D eigenvalue weighted by Crippen LogP contribution is -2.02. The van der Waals surface area contributed by atoms with Crippen LogP contribution in [0, 0.1) is 11.6 Å². The van der Waals surface area contributed by atoms with E-state index in [-0.39, 0.29) is 16.5 Å². The van der Waals surface area contributed by atoms with Gasteiger partial charge in [-0.1, -0.05) is 6.07 Å². The van der Waals surface area contributed by atoms with E-state index in [4.69, 9.17) is 10.2 Å². The molecule has 0 bridgehead atoms. The van der Waals surface area contributed by atoms with Crippen molar-refractivity contribution in [1.29, 1.82) is 0 Å². The molecule has 2 N–H and O–H groups in total. The molecule has 7 heteroatoms. The van der Waals surface area contributed by atoms with Gasteiger partial charge in [0.1, 0.15) is 28.0 Å². The average molecular weight is 308 g/mol. The number of hydrogen-bond acceptors (Lipinski definition) is 4. The molecule has 0 aliphatic rings. The van der Waals surface area contributed by atoms with E-state index in [9.17, 15) is 13.0 Å². The van der Waals surface area contributed by atoms with Gasteiger partial charge in [-0.25, -0.2) is 18.0 Å². The zero-order chi connectivity index (χ0) is 15.0. The molecule has 1 atom stereocenters. The third kappa shape index (κ3) is 2.64. The molecule has 1 unspecified atom stereocenters. The van der Waals surface area contributed by atoms with Crippen molar-refractivity contribution in [1.82, 2.24) is 4.98 Å². The summed E-state index contributed by atoms with van der Waals surface area (Å²) in [6.45, 7) is 0. The van der Waals surface area contributed by atoms with Crippen molar-refractivity contribution in [3.63, 3.8) is 0 Å². The van der Waals surface area contributed by atoms with Crippen molar-refractivity contribution < 1.29 is 17.4 Å². The smallest absolute Gasteiger partial charge is 0.288 e. The Morgan fingerprint density at radius 3 is 2.62 bits per heavy atom. The molecule has 0 aliphatic heterocycles. The van der Waals surface area contributed by atoms with E-state index in [0.29, 0.717) is 16.8 Å². The van der Waals surface area contributed by atoms with E-state index in [1.54, 1.807) is 18.2 Å². The average Bonchev–Trinajstić information content (AvgIpc) is 2.86. The summed E-state index contributed by atoms with van der Waals surface area (Å²) in [4.78, 5) is 4.04. The maximum absolute atomic E-state index is 13.5. The summed E-state index contributed by atoms with van der Waals surface area (Å²) in [7, 11) is -1.79. The highest BCUT2D eigenvalue weighted by atomic mass is 32.2. The number of oxazole rings is 1. The molecule has 2 aromatic carbocycles. The SMILES string of the molecule is Nc1ccc2oc(S(=O)Cc3c(F)cccc3F)nc2c1. The Morgan fingerprint density at radius 2 is 1.90 bits per heavy atom. The van der Waals surface area contributed by atoms with Gasteiger partial charge in [-0.3, -0.25) is 0 Å². The maximum Gasteiger partial charge on any atom is 0.288 e. The first-order valence-corrected chi connectivity index (χ1v) is 7.34. The molecule has 108 valence electrons. The molecule has 1 heterocycles. The van der Waals surface area contributed by atoms with Crippen LogP contribution in [0.4, 0.5) is 14.5 Å². The van der Waals surface area contributed by atoms with Crippen molar-refractivity contribution in [2.45, 2.75) is 11.0 Å². The van der Waals surface area contributed by atoms with Crippen LogP contribution < -0.4 is 5.73 Å². The van der Waals surface area contributed by atoms with Gasteiger partial charge in [0.05, 0.1) is 5.75 Å². The third-order valence-corrected chi connectivity index (χ3v) is 4.04. The lowest BCUT2D eigenvalue weighted by molar-refractivity contribution is 0.476. The first kappa shape index (κ1) is 13.7. The molecule has 3 rings (SSSR count). The fourth-order valence-electron chi connectivity index (χ4n) is 1.88. The van der Waals surface area contributed by atoms with Crippen LogP contribution in [-0.2, 0) is 16.6 Å². The normalized spacial score (nSPS) is 12.7. The molecule has 1 aromatic heterocycles. The minimum Gasteiger partial charge on any atom is -0.430 e. The molecule has 3 aromatic rings. The van der Waals surface area contributed by atoms with E-state index in [2.05, 4.69) is 4.98 Å². The monoisotopic (exact) mass is 308 g/mol. The Kier molecular flexibility index (Phi) is 3.42. The Balaban J connectivity index is 1.94. The fraction of sp³-hybridized carbons (Fsp3) is 0.0714. The van der Waals surface area contributed by atoms with Crippen LogP contribution in [0.15, 0.2) is 46.0 Å². The van der Waals surface area contributed by atoms with Crippen molar-refractivity contribution in [3.05, 3.63) is 53.6 Å². The van der Waals surface area contributed by atoms with Crippen LogP contribution >= 0.6 is 0 Å². The summed E-state index contributed by atoms with van der Waals surface area (Å²) in [5.74, 6) is -1.84. The highest BCUT2D eigenvalue weighted by molar-refractivity contribution is 7.84. The van der Waals surface area contributed by atoms with Gasteiger partial charge in [-0.05, 0) is 30.3 Å². The van der Waals surface area contributed by atoms with Gasteiger partial charge in [0.25, 0.3) is 5.22 Å². The quantitative estimate of drug-likeness (QED) is 0.755. The van der Waals surface area contributed by atoms with Crippen molar-refractivity contribution in [3.8, 4) is 0 Å². The molecular formula is C14H10F2N2O2S. The van der Waals surface area contributed by atoms with Gasteiger partial charge in [0, 0.05) is 11.3 Å². The van der Waals surface area contributed by atoms with E-state index in [1.165, 1.54) is 6.07 Å². The molecule has 0 aliphatic carbocycles. The second-order valence-corrected chi connectivity index (χ2v) is 5.73. The highest BCUT2D eigenvalue weighted by Gasteiger charge is 2.18. The van der Waals surface area contributed by atoms with Crippen LogP contribution in [0.5, 0.6) is 0 Å². The standard InChI is InChI=1S/C14H10F2N2O2S/c15-10-2-1-3-11(16)9(10)7-21(19)14-18-12-6-8(17)4-5-13(12)20-14/h1-6H,7,17H2. The largest absolute Gasteiger partial charge is 0.430 e. The number of hydrogen-bond donors (Lipinski definition) is 1. The summed E-state index contributed by atoms with van der Waals surface area (Å²) in [5, 5.41) is -0.0850. The van der Waals surface area contributed by atoms with Crippen LogP contribution in [0.1, 0.15) is 5.56 Å². The lowest BCUT2D eigenvalue weighted by Gasteiger charge is -2.02. The summed E-state index contributed by atoms with van der Waals surface area (Å²) in [5.41, 5.74) is 6.73. The number of nitrogens with two attached hydrogens (primary N) is 1. The Morgan fingerprint density at radius 1 is 1.19 bits per heavy atom. The number of fused-ring (bicyclic) bond motifs is 1. The Bertz CT molecular complexity index is 828. The Hall–Kier alpha value is -2.28. The predicted octanol–water partition coefficient (Wildman–Crippen LogP) is 3.00. The summed E-state index contributed by atoms with van der Waals surface area (Å²) in [6, 6.07) is 8.27. The van der Waals surface area contributed by atoms with E-state index in [1.807, 2.05) is 0 Å². The molecule has 0 amide bonds. The summed E-state index contributed by atoms with van der Waals surface area (Å²) < 4.78 is 44.6. The fourth-order valence-corrected chi connectivity index (χ4v) is 2.93. The minimum atomic E-state index is -1.79. The van der Waals surface area contributed by atoms with Crippen LogP contribution in [0.3, 0.4) is 0 Å². The number of nitrogen functional groups attached to an aromatic ring is 1. The first-order valence-electron chi connectivity index (χ1n) is 6.02. The molecule has 0 saturated heterocycles. The highest BCUT2D eigenvalue weighted by Crippen LogP contribution is 2.22. The van der Waals surface area contributed by atoms with Crippen LogP contribution in [0.25, 0.3) is 11.1 Å². The van der Waals surface area contributed by atoms with Gasteiger partial charge < -0.3 is 10.2 Å². The van der Waals surface area contributed by atoms with Gasteiger partial charge in [-0.2, -0.15) is 0 Å². The van der Waals surface area contributed by atoms with Crippen molar-refractivity contribution in [2.75, 3.05) is 5.73 Å². The zero-order valence-corrected chi connectivity index (χ0v) is 11.5. The molecule has 4 nitrogen and oxygen atoms in total. The second-order valence-electron chi connectivity index (χ2n) is 4.40. The van der Waals surface area contributed by atoms with Crippen LogP contribution in [0.2, 0.25) is 0 Å². The zero-order valence-electron chi connectivity index (χ0n) is 10.7. The number of rotatable bonds is 3. The van der Waals surface area contributed by atoms with E-state index in [0.717, 1.165) is 12.1 Å². The van der Waals surface area contributed by atoms with E-state index >= 15 is 0 Å². The Labute approximate surface area is 121 Å². The van der Waals surface area contributed by atoms with Gasteiger partial charge in [-0.15, -0.1) is 0 Å². The number of nitrogens with zero attached hydrogens (tertiary/aromatic N) is 1. The van der Waals surface area contributed by atoms with E-state index < -0.39 is 22.4 Å². The molecule has 0 radical (unpaired) electrons. The molecular weight excluding hydrogens is 298 g/mol. The topological polar surface area (TPSA) is 69.1 Å². The number of halogens is 2. The lowest BCUT2D eigenvalue weighted by atomic mass is 10.2. The third-order valence-electron chi connectivity index (χ3n) is 2.92. The van der Waals surface area contributed by atoms with Crippen molar-refractivity contribution in [2.24, 2.45) is 0 Å². The van der Waals surface area contributed by atoms with Gasteiger partial charge in [0.15, 0.2) is 5.58 Å². The minimum absolute atomic E-state index is 0.0850. The molecule has 0 saturated carbocycles. The van der Waals surface area contributed by atoms with Crippen LogP contribution in [-0.4, -0.2) is 9.19 Å². The van der Waals surface area contributed by atoms with Crippen molar-refractivity contribution >= 4 is 27.6 Å². The number of aromatic nitrogens is 1. The number of benzene rings is 2. The summed E-state index contributed by atoms with van der Waals surface area (Å²) in [6.07, 6.45) is 0. The summed E-state index contributed by atoms with van der Waals surface area (Å²) >= 11 is 0. The molecule has 0 fully saturated rings. The molecule has 21 heavy (non-hydrogen) atoms. The number of anilines is 1. The van der Waals surface area contributed by atoms with Gasteiger partial charge >= 0.3 is 0 Å². The maximum atomic E-state index is 13.5. The van der Waals surface area contributed by atoms with Gasteiger partial charge in [0.2, 0.25) is 0 Å². The molecule has 0 spiro atoms. The first-order chi connectivity index (χ1) is 10.0. The second kappa shape index (κ2) is 5.25.